The van der Waals surface area contributed by atoms with E-state index in [1.54, 1.807) is 24.0 Å². The van der Waals surface area contributed by atoms with Gasteiger partial charge in [0.25, 0.3) is 5.91 Å². The van der Waals surface area contributed by atoms with Crippen LogP contribution >= 0.6 is 11.6 Å². The van der Waals surface area contributed by atoms with Crippen LogP contribution in [0.15, 0.2) is 36.4 Å². The summed E-state index contributed by atoms with van der Waals surface area (Å²) in [5.74, 6) is -3.62. The summed E-state index contributed by atoms with van der Waals surface area (Å²) in [6, 6.07) is 7.81. The second-order valence-electron chi connectivity index (χ2n) is 7.59. The van der Waals surface area contributed by atoms with Crippen LogP contribution in [0.5, 0.6) is 5.75 Å². The molecule has 0 aliphatic carbocycles. The minimum atomic E-state index is -1.13. The number of amides is 2. The third kappa shape index (κ3) is 3.91. The summed E-state index contributed by atoms with van der Waals surface area (Å²) < 4.78 is 27.6. The monoisotopic (exact) mass is 461 g/mol. The molecule has 2 amide bonds. The van der Waals surface area contributed by atoms with E-state index in [-0.39, 0.29) is 47.9 Å². The van der Waals surface area contributed by atoms with Gasteiger partial charge in [-0.2, -0.15) is 0 Å². The number of rotatable bonds is 2. The quantitative estimate of drug-likeness (QED) is 0.591. The van der Waals surface area contributed by atoms with Crippen molar-refractivity contribution in [2.45, 2.75) is 13.0 Å². The molecule has 7 nitrogen and oxygen atoms in total. The standard InChI is InChI=1S/C22H18ClF2N3O4/c1-11-10-27(22(31)32)4-5-28(11)21(30)12-2-3-14-15(23)9-18(26-19(14)8-12)13-6-16(24)20(29)17(25)7-13/h2-3,6-9,11,29H,4-5,10H2,1H3,(H,31,32)/t11-/m0/s1. The molecule has 0 unspecified atom stereocenters. The molecule has 0 saturated carbocycles. The summed E-state index contributed by atoms with van der Waals surface area (Å²) in [7, 11) is 0. The number of carbonyl (C=O) groups is 2. The van der Waals surface area contributed by atoms with Crippen LogP contribution in [0.25, 0.3) is 22.2 Å². The summed E-state index contributed by atoms with van der Waals surface area (Å²) >= 11 is 6.34. The maximum atomic E-state index is 13.8. The molecule has 166 valence electrons. The number of phenols is 1. The lowest BCUT2D eigenvalue weighted by Gasteiger charge is -2.38. The molecule has 1 saturated heterocycles. The number of halogens is 3. The highest BCUT2D eigenvalue weighted by atomic mass is 35.5. The number of fused-ring (bicyclic) bond motifs is 1. The number of carbonyl (C=O) groups excluding carboxylic acids is 1. The summed E-state index contributed by atoms with van der Waals surface area (Å²) in [6.45, 7) is 2.45. The zero-order chi connectivity index (χ0) is 23.2. The Bertz CT molecular complexity index is 1230. The lowest BCUT2D eigenvalue weighted by atomic mass is 10.1. The van der Waals surface area contributed by atoms with Crippen molar-refractivity contribution in [3.05, 3.63) is 58.6 Å². The first kappa shape index (κ1) is 21.8. The topological polar surface area (TPSA) is 94.0 Å². The summed E-state index contributed by atoms with van der Waals surface area (Å²) in [4.78, 5) is 31.5. The molecule has 1 aromatic heterocycles. The molecule has 2 aromatic carbocycles. The van der Waals surface area contributed by atoms with Crippen LogP contribution in [0.1, 0.15) is 17.3 Å². The maximum absolute atomic E-state index is 13.8. The van der Waals surface area contributed by atoms with E-state index in [2.05, 4.69) is 4.98 Å². The Hall–Kier alpha value is -3.46. The maximum Gasteiger partial charge on any atom is 0.407 e. The minimum Gasteiger partial charge on any atom is -0.503 e. The Labute approximate surface area is 186 Å². The second-order valence-corrected chi connectivity index (χ2v) is 7.99. The minimum absolute atomic E-state index is 0.0803. The van der Waals surface area contributed by atoms with Gasteiger partial charge in [-0.15, -0.1) is 0 Å². The number of nitrogens with zero attached hydrogens (tertiary/aromatic N) is 3. The molecule has 0 spiro atoms. The molecule has 1 aliphatic heterocycles. The van der Waals surface area contributed by atoms with Gasteiger partial charge < -0.3 is 20.0 Å². The molecule has 1 fully saturated rings. The lowest BCUT2D eigenvalue weighted by Crippen LogP contribution is -2.55. The Kier molecular flexibility index (Phi) is 5.60. The molecule has 10 heteroatoms. The predicted octanol–water partition coefficient (Wildman–Crippen LogP) is 4.36. The van der Waals surface area contributed by atoms with Crippen LogP contribution in [0, 0.1) is 11.6 Å². The van der Waals surface area contributed by atoms with E-state index >= 15 is 0 Å². The van der Waals surface area contributed by atoms with Crippen LogP contribution in [0.3, 0.4) is 0 Å². The van der Waals surface area contributed by atoms with Crippen molar-refractivity contribution in [1.29, 1.82) is 0 Å². The first-order valence-electron chi connectivity index (χ1n) is 9.73. The van der Waals surface area contributed by atoms with E-state index < -0.39 is 23.5 Å². The van der Waals surface area contributed by atoms with Crippen molar-refractivity contribution in [2.24, 2.45) is 0 Å². The average molecular weight is 462 g/mol. The highest BCUT2D eigenvalue weighted by Gasteiger charge is 2.30. The fourth-order valence-electron chi connectivity index (χ4n) is 3.78. The number of phenolic OH excluding ortho intramolecular Hbond substituents is 1. The van der Waals surface area contributed by atoms with Crippen molar-refractivity contribution in [3.63, 3.8) is 0 Å². The van der Waals surface area contributed by atoms with Crippen molar-refractivity contribution >= 4 is 34.5 Å². The molecule has 0 radical (unpaired) electrons. The zero-order valence-electron chi connectivity index (χ0n) is 16.8. The molecule has 0 bridgehead atoms. The first-order valence-corrected chi connectivity index (χ1v) is 10.1. The van der Waals surface area contributed by atoms with Crippen LogP contribution in [0.4, 0.5) is 13.6 Å². The number of benzene rings is 2. The number of pyridine rings is 1. The van der Waals surface area contributed by atoms with Crippen LogP contribution in [-0.2, 0) is 0 Å². The Morgan fingerprint density at radius 2 is 1.81 bits per heavy atom. The summed E-state index contributed by atoms with van der Waals surface area (Å²) in [6.07, 6.45) is -1.02. The number of hydrogen-bond donors (Lipinski definition) is 2. The fourth-order valence-corrected chi connectivity index (χ4v) is 4.04. The van der Waals surface area contributed by atoms with Crippen molar-refractivity contribution in [2.75, 3.05) is 19.6 Å². The Balaban J connectivity index is 1.69. The van der Waals surface area contributed by atoms with Crippen molar-refractivity contribution < 1.29 is 28.6 Å². The van der Waals surface area contributed by atoms with E-state index in [1.807, 2.05) is 0 Å². The highest BCUT2D eigenvalue weighted by molar-refractivity contribution is 6.35. The molecule has 1 atom stereocenters. The zero-order valence-corrected chi connectivity index (χ0v) is 17.6. The van der Waals surface area contributed by atoms with Gasteiger partial charge in [-0.25, -0.2) is 18.6 Å². The molecule has 2 heterocycles. The van der Waals surface area contributed by atoms with Gasteiger partial charge in [-0.1, -0.05) is 17.7 Å². The van der Waals surface area contributed by atoms with Crippen LogP contribution < -0.4 is 0 Å². The average Bonchev–Trinajstić information content (AvgIpc) is 2.76. The highest BCUT2D eigenvalue weighted by Crippen LogP contribution is 2.32. The molecule has 32 heavy (non-hydrogen) atoms. The van der Waals surface area contributed by atoms with Crippen molar-refractivity contribution in [1.82, 2.24) is 14.8 Å². The first-order chi connectivity index (χ1) is 15.2. The fraction of sp³-hybridized carbons (Fsp3) is 0.227. The van der Waals surface area contributed by atoms with Gasteiger partial charge in [0.1, 0.15) is 0 Å². The largest absolute Gasteiger partial charge is 0.503 e. The molecule has 2 N–H and O–H groups in total. The molecule has 4 rings (SSSR count). The van der Waals surface area contributed by atoms with Crippen molar-refractivity contribution in [3.8, 4) is 17.0 Å². The van der Waals surface area contributed by atoms with Gasteiger partial charge in [0.2, 0.25) is 0 Å². The Morgan fingerprint density at radius 1 is 1.12 bits per heavy atom. The van der Waals surface area contributed by atoms with Crippen LogP contribution in [0.2, 0.25) is 5.02 Å². The third-order valence-corrected chi connectivity index (χ3v) is 5.79. The van der Waals surface area contributed by atoms with E-state index in [9.17, 15) is 23.5 Å². The van der Waals surface area contributed by atoms with E-state index in [4.69, 9.17) is 16.7 Å². The molecular weight excluding hydrogens is 444 g/mol. The van der Waals surface area contributed by atoms with Gasteiger partial charge in [-0.3, -0.25) is 4.79 Å². The van der Waals surface area contributed by atoms with Gasteiger partial charge in [0, 0.05) is 42.2 Å². The van der Waals surface area contributed by atoms with Gasteiger partial charge >= 0.3 is 6.09 Å². The predicted molar refractivity (Wildman–Crippen MR) is 114 cm³/mol. The van der Waals surface area contributed by atoms with Crippen LogP contribution in [-0.4, -0.2) is 62.7 Å². The summed E-state index contributed by atoms with van der Waals surface area (Å²) in [5, 5.41) is 19.3. The third-order valence-electron chi connectivity index (χ3n) is 5.48. The number of aromatic hydroxyl groups is 1. The van der Waals surface area contributed by atoms with Gasteiger partial charge in [-0.05, 0) is 37.3 Å². The summed E-state index contributed by atoms with van der Waals surface area (Å²) in [5.41, 5.74) is 0.936. The lowest BCUT2D eigenvalue weighted by molar-refractivity contribution is 0.0484. The van der Waals surface area contributed by atoms with E-state index in [0.29, 0.717) is 16.5 Å². The normalized spacial score (nSPS) is 16.4. The van der Waals surface area contributed by atoms with E-state index in [1.165, 1.54) is 17.0 Å². The van der Waals surface area contributed by atoms with E-state index in [0.717, 1.165) is 12.1 Å². The molecule has 1 aliphatic rings. The smallest absolute Gasteiger partial charge is 0.407 e. The second kappa shape index (κ2) is 8.23. The number of piperazine rings is 1. The van der Waals surface area contributed by atoms with Gasteiger partial charge in [0.15, 0.2) is 17.4 Å². The Morgan fingerprint density at radius 3 is 2.44 bits per heavy atom. The number of carboxylic acid groups (broad SMARTS) is 1. The van der Waals surface area contributed by atoms with Gasteiger partial charge in [0.05, 0.1) is 16.2 Å². The molecular formula is C22H18ClF2N3O4. The SMILES string of the molecule is C[C@H]1CN(C(=O)O)CCN1C(=O)c1ccc2c(Cl)cc(-c3cc(F)c(O)c(F)c3)nc2c1. The number of aromatic nitrogens is 1. The number of hydrogen-bond acceptors (Lipinski definition) is 4. The molecule has 3 aromatic rings.